The molecule has 0 aliphatic carbocycles. The van der Waals surface area contributed by atoms with E-state index >= 15 is 0 Å². The molecule has 0 aliphatic heterocycles. The zero-order chi connectivity index (χ0) is 21.1. The van der Waals surface area contributed by atoms with Crippen molar-refractivity contribution in [3.8, 4) is 0 Å². The highest BCUT2D eigenvalue weighted by Gasteiger charge is 2.34. The van der Waals surface area contributed by atoms with Crippen molar-refractivity contribution in [2.45, 2.75) is 33.5 Å². The Morgan fingerprint density at radius 3 is 2.46 bits per heavy atom. The second-order valence-corrected chi connectivity index (χ2v) is 6.49. The van der Waals surface area contributed by atoms with Crippen LogP contribution in [0.5, 0.6) is 0 Å². The van der Waals surface area contributed by atoms with Gasteiger partial charge in [0.1, 0.15) is 11.6 Å². The number of halogens is 4. The van der Waals surface area contributed by atoms with Crippen molar-refractivity contribution in [2.24, 2.45) is 5.92 Å². The first-order valence-corrected chi connectivity index (χ1v) is 8.41. The van der Waals surface area contributed by atoms with Crippen LogP contribution in [0.1, 0.15) is 41.0 Å². The van der Waals surface area contributed by atoms with Crippen molar-refractivity contribution < 1.29 is 27.2 Å². The van der Waals surface area contributed by atoms with Crippen LogP contribution >= 0.6 is 0 Å². The summed E-state index contributed by atoms with van der Waals surface area (Å²) in [6.07, 6.45) is -4.82. The van der Waals surface area contributed by atoms with Gasteiger partial charge in [-0.15, -0.1) is 0 Å². The summed E-state index contributed by atoms with van der Waals surface area (Å²) in [4.78, 5) is 28.2. The predicted molar refractivity (Wildman–Crippen MR) is 95.0 cm³/mol. The average molecular weight is 397 g/mol. The Labute approximate surface area is 159 Å². The van der Waals surface area contributed by atoms with Gasteiger partial charge in [0.05, 0.1) is 5.56 Å². The van der Waals surface area contributed by atoms with E-state index in [9.17, 15) is 27.2 Å². The summed E-state index contributed by atoms with van der Waals surface area (Å²) in [5.74, 6) is -2.46. The molecular weight excluding hydrogens is 378 g/mol. The lowest BCUT2D eigenvalue weighted by atomic mass is 10.1. The number of carbonyl (C=O) groups is 2. The first kappa shape index (κ1) is 21.3. The molecule has 150 valence electrons. The Bertz CT molecular complexity index is 895. The first-order chi connectivity index (χ1) is 13.0. The summed E-state index contributed by atoms with van der Waals surface area (Å²) in [6.45, 7) is 4.59. The molecular formula is C19H19F4N3O2. The fourth-order valence-electron chi connectivity index (χ4n) is 2.35. The van der Waals surface area contributed by atoms with Gasteiger partial charge in [0.25, 0.3) is 5.91 Å². The normalized spacial score (nSPS) is 11.4. The van der Waals surface area contributed by atoms with Gasteiger partial charge >= 0.3 is 6.18 Å². The topological polar surface area (TPSA) is 71.1 Å². The van der Waals surface area contributed by atoms with Crippen LogP contribution in [-0.2, 0) is 17.5 Å². The highest BCUT2D eigenvalue weighted by atomic mass is 19.4. The number of hydrogen-bond acceptors (Lipinski definition) is 3. The zero-order valence-electron chi connectivity index (χ0n) is 15.4. The number of rotatable bonds is 5. The smallest absolute Gasteiger partial charge is 0.348 e. The molecule has 2 amide bonds. The van der Waals surface area contributed by atoms with Gasteiger partial charge in [-0.3, -0.25) is 9.59 Å². The van der Waals surface area contributed by atoms with Crippen molar-refractivity contribution in [2.75, 3.05) is 5.32 Å². The third-order valence-electron chi connectivity index (χ3n) is 3.81. The Morgan fingerprint density at radius 2 is 1.86 bits per heavy atom. The Balaban J connectivity index is 2.16. The van der Waals surface area contributed by atoms with E-state index in [1.807, 2.05) is 0 Å². The zero-order valence-corrected chi connectivity index (χ0v) is 15.4. The number of nitrogens with one attached hydrogen (secondary N) is 2. The summed E-state index contributed by atoms with van der Waals surface area (Å²) < 4.78 is 52.4. The van der Waals surface area contributed by atoms with Crippen LogP contribution in [0.3, 0.4) is 0 Å². The minimum Gasteiger partial charge on any atom is -0.348 e. The van der Waals surface area contributed by atoms with E-state index in [0.29, 0.717) is 11.8 Å². The Morgan fingerprint density at radius 1 is 1.18 bits per heavy atom. The number of benzene rings is 1. The summed E-state index contributed by atoms with van der Waals surface area (Å²) in [5, 5.41) is 4.95. The molecule has 0 unspecified atom stereocenters. The van der Waals surface area contributed by atoms with Crippen LogP contribution < -0.4 is 10.6 Å². The van der Waals surface area contributed by atoms with Crippen LogP contribution in [0.4, 0.5) is 23.4 Å². The third-order valence-corrected chi connectivity index (χ3v) is 3.81. The Hall–Kier alpha value is -2.97. The lowest BCUT2D eigenvalue weighted by Gasteiger charge is -2.13. The van der Waals surface area contributed by atoms with E-state index in [4.69, 9.17) is 0 Å². The maximum atomic E-state index is 14.0. The fourth-order valence-corrected chi connectivity index (χ4v) is 2.35. The van der Waals surface area contributed by atoms with Crippen molar-refractivity contribution >= 4 is 17.6 Å². The van der Waals surface area contributed by atoms with E-state index in [-0.39, 0.29) is 28.8 Å². The number of carbonyl (C=O) groups excluding carboxylic acids is 2. The lowest BCUT2D eigenvalue weighted by molar-refractivity contribution is -0.140. The molecule has 5 nitrogen and oxygen atoms in total. The minimum atomic E-state index is -4.82. The number of aromatic nitrogens is 1. The summed E-state index contributed by atoms with van der Waals surface area (Å²) >= 11 is 0. The molecule has 28 heavy (non-hydrogen) atoms. The average Bonchev–Trinajstić information content (AvgIpc) is 2.58. The van der Waals surface area contributed by atoms with Crippen molar-refractivity contribution in [1.82, 2.24) is 10.3 Å². The van der Waals surface area contributed by atoms with Gasteiger partial charge in [0.15, 0.2) is 0 Å². The van der Waals surface area contributed by atoms with Crippen molar-refractivity contribution in [3.63, 3.8) is 0 Å². The standard InChI is InChI=1S/C19H19F4N3O2/c1-10(2)17(27)26-15-8-13(7-11(3)25-15)18(28)24-9-12-5-4-6-14(16(12)20)19(21,22)23/h4-8,10H,9H2,1-3H3,(H,24,28)(H,25,26,27). The molecule has 0 spiro atoms. The van der Waals surface area contributed by atoms with E-state index in [0.717, 1.165) is 12.1 Å². The van der Waals surface area contributed by atoms with E-state index < -0.39 is 30.0 Å². The van der Waals surface area contributed by atoms with Crippen LogP contribution in [0.15, 0.2) is 30.3 Å². The second kappa shape index (κ2) is 8.37. The van der Waals surface area contributed by atoms with Crippen LogP contribution in [0, 0.1) is 18.7 Å². The van der Waals surface area contributed by atoms with Gasteiger partial charge in [-0.2, -0.15) is 13.2 Å². The van der Waals surface area contributed by atoms with Gasteiger partial charge in [-0.1, -0.05) is 26.0 Å². The summed E-state index contributed by atoms with van der Waals surface area (Å²) in [6, 6.07) is 5.66. The molecule has 0 fully saturated rings. The maximum absolute atomic E-state index is 14.0. The maximum Gasteiger partial charge on any atom is 0.419 e. The van der Waals surface area contributed by atoms with Crippen molar-refractivity contribution in [1.29, 1.82) is 0 Å². The van der Waals surface area contributed by atoms with Gasteiger partial charge in [0, 0.05) is 29.3 Å². The predicted octanol–water partition coefficient (Wildman–Crippen LogP) is 4.07. The molecule has 2 aromatic rings. The fraction of sp³-hybridized carbons (Fsp3) is 0.316. The lowest BCUT2D eigenvalue weighted by Crippen LogP contribution is -2.25. The molecule has 0 atom stereocenters. The van der Waals surface area contributed by atoms with Gasteiger partial charge in [-0.25, -0.2) is 9.37 Å². The van der Waals surface area contributed by atoms with Gasteiger partial charge < -0.3 is 10.6 Å². The van der Waals surface area contributed by atoms with E-state index in [2.05, 4.69) is 15.6 Å². The molecule has 0 saturated carbocycles. The highest BCUT2D eigenvalue weighted by Crippen LogP contribution is 2.32. The molecule has 2 rings (SSSR count). The van der Waals surface area contributed by atoms with Crippen LogP contribution in [-0.4, -0.2) is 16.8 Å². The second-order valence-electron chi connectivity index (χ2n) is 6.49. The van der Waals surface area contributed by atoms with Crippen LogP contribution in [0.25, 0.3) is 0 Å². The van der Waals surface area contributed by atoms with E-state index in [1.54, 1.807) is 20.8 Å². The quantitative estimate of drug-likeness (QED) is 0.747. The number of nitrogens with zero attached hydrogens (tertiary/aromatic N) is 1. The van der Waals surface area contributed by atoms with Gasteiger partial charge in [0.2, 0.25) is 5.91 Å². The largest absolute Gasteiger partial charge is 0.419 e. The number of hydrogen-bond donors (Lipinski definition) is 2. The summed E-state index contributed by atoms with van der Waals surface area (Å²) in [7, 11) is 0. The number of amides is 2. The monoisotopic (exact) mass is 397 g/mol. The summed E-state index contributed by atoms with van der Waals surface area (Å²) in [5.41, 5.74) is -1.09. The number of anilines is 1. The molecule has 2 N–H and O–H groups in total. The molecule has 1 aromatic heterocycles. The van der Waals surface area contributed by atoms with Gasteiger partial charge in [-0.05, 0) is 25.1 Å². The SMILES string of the molecule is Cc1cc(C(=O)NCc2cccc(C(F)(F)F)c2F)cc(NC(=O)C(C)C)n1. The number of aryl methyl sites for hydroxylation is 1. The molecule has 0 aliphatic rings. The molecule has 0 saturated heterocycles. The molecule has 1 aromatic carbocycles. The van der Waals surface area contributed by atoms with Crippen LogP contribution in [0.2, 0.25) is 0 Å². The molecule has 1 heterocycles. The first-order valence-electron chi connectivity index (χ1n) is 8.41. The third kappa shape index (κ3) is 5.28. The Kier molecular flexibility index (Phi) is 6.37. The highest BCUT2D eigenvalue weighted by molar-refractivity contribution is 5.97. The van der Waals surface area contributed by atoms with Crippen molar-refractivity contribution in [3.05, 3.63) is 58.5 Å². The number of pyridine rings is 1. The molecule has 9 heteroatoms. The molecule has 0 bridgehead atoms. The minimum absolute atomic E-state index is 0.138. The number of alkyl halides is 3. The molecule has 0 radical (unpaired) electrons. The van der Waals surface area contributed by atoms with E-state index in [1.165, 1.54) is 12.1 Å².